The number of aromatic hydroxyl groups is 23. The molecule has 44 heteroatoms. The van der Waals surface area contributed by atoms with Crippen LogP contribution in [0.2, 0.25) is 0 Å². The van der Waals surface area contributed by atoms with Crippen LogP contribution in [-0.2, 0) is 47.4 Å². The number of ether oxygens (including phenoxy) is 11. The number of carbonyl (C=O) groups is 8. The van der Waals surface area contributed by atoms with Gasteiger partial charge in [-0.25, -0.2) is 38.4 Å². The number of phenols is 23. The Kier molecular flexibility index (Phi) is 19.3. The second-order valence-electron chi connectivity index (χ2n) is 24.3. The van der Waals surface area contributed by atoms with E-state index in [-0.39, 0.29) is 24.3 Å². The van der Waals surface area contributed by atoms with E-state index in [0.29, 0.717) is 42.5 Å². The lowest BCUT2D eigenvalue weighted by molar-refractivity contribution is -0.284. The summed E-state index contributed by atoms with van der Waals surface area (Å²) in [7, 11) is 0. The Bertz CT molecular complexity index is 5320. The number of esters is 8. The van der Waals surface area contributed by atoms with Crippen LogP contribution in [-0.4, -0.2) is 250 Å². The highest BCUT2D eigenvalue weighted by atomic mass is 16.8. The van der Waals surface area contributed by atoms with Crippen molar-refractivity contribution in [1.29, 1.82) is 0 Å². The normalized spacial score (nSPS) is 20.6. The van der Waals surface area contributed by atoms with Gasteiger partial charge in [-0.05, 0) is 54.6 Å². The van der Waals surface area contributed by atoms with Crippen molar-refractivity contribution in [2.24, 2.45) is 0 Å². The zero-order chi connectivity index (χ0) is 81.7. The summed E-state index contributed by atoms with van der Waals surface area (Å²) in [5.74, 6) is -51.1. The quantitative estimate of drug-likeness (QED) is 0.0498. The van der Waals surface area contributed by atoms with E-state index in [0.717, 1.165) is 0 Å². The number of aliphatic hydroxyl groups is 2. The number of hydrogen-bond donors (Lipinski definition) is 25. The topological polar surface area (TPSA) is 744 Å². The molecule has 0 aliphatic carbocycles. The summed E-state index contributed by atoms with van der Waals surface area (Å²) in [6.07, 6.45) is -26.0. The molecule has 0 bridgehead atoms. The number of fused-ring (bicyclic) bond motifs is 8. The van der Waals surface area contributed by atoms with E-state index in [9.17, 15) is 156 Å². The molecule has 2 fully saturated rings. The zero-order valence-electron chi connectivity index (χ0n) is 55.0. The first-order valence-corrected chi connectivity index (χ1v) is 31.1. The third-order valence-corrected chi connectivity index (χ3v) is 17.3. The summed E-state index contributed by atoms with van der Waals surface area (Å²) in [4.78, 5) is 116. The third kappa shape index (κ3) is 13.2. The molecule has 0 aromatic heterocycles. The van der Waals surface area contributed by atoms with Gasteiger partial charge in [0.15, 0.2) is 128 Å². The predicted molar refractivity (Wildman–Crippen MR) is 345 cm³/mol. The average Bonchev–Trinajstić information content (AvgIpc) is 0.921. The van der Waals surface area contributed by atoms with Gasteiger partial charge in [-0.2, -0.15) is 0 Å². The number of rotatable bonds is 11. The maximum Gasteiger partial charge on any atom is 0.342 e. The molecule has 44 nitrogen and oxygen atoms in total. The number of benzene rings is 8. The minimum absolute atomic E-state index is 0.138. The SMILES string of the molecule is O=C(OC[C@H]1O[C@@H](OC(=O)c2cc(O)c(O)c(O)c2)[C@@H]2OC(=O)c3cc(O)c(O)c(O)c3-c3c(cc(O)c(O)c3O)C(=O)O[C@H]2[C@@H]1OC(=O)c1cc(O)c(O)c(O)c1Oc1cc2c(c(O)c1O)-c1c(cc(O)c(O)c1O)C(=O)O[C@H]1[C@H](O)[C@@H](O)[C@H](OC(=O)c3cc(O)c(O)c(O)c3)O[C@@H]1COC2=O)c1cc(O)c(O)c(O)c1. The molecule has 586 valence electrons. The Labute approximate surface area is 616 Å². The van der Waals surface area contributed by atoms with E-state index in [1.54, 1.807) is 0 Å². The highest BCUT2D eigenvalue weighted by Gasteiger charge is 2.57. The predicted octanol–water partition coefficient (Wildman–Crippen LogP) is 1.77. The van der Waals surface area contributed by atoms with Gasteiger partial charge in [0.05, 0.1) is 38.9 Å². The van der Waals surface area contributed by atoms with Gasteiger partial charge in [-0.15, -0.1) is 0 Å². The second kappa shape index (κ2) is 28.4. The number of cyclic esters (lactones) is 1. The summed E-state index contributed by atoms with van der Waals surface area (Å²) >= 11 is 0. The molecule has 0 unspecified atom stereocenters. The smallest absolute Gasteiger partial charge is 0.342 e. The fourth-order valence-electron chi connectivity index (χ4n) is 11.8. The van der Waals surface area contributed by atoms with Gasteiger partial charge in [0.1, 0.15) is 43.2 Å². The molecular formula is C68H50O44. The first kappa shape index (κ1) is 76.2. The maximum atomic E-state index is 15.4. The number of phenolic OH excluding ortho intramolecular Hbond substituents is 23. The number of aliphatic hydroxyl groups excluding tert-OH is 2. The van der Waals surface area contributed by atoms with Crippen LogP contribution in [0.15, 0.2) is 66.7 Å². The van der Waals surface area contributed by atoms with E-state index in [1.165, 1.54) is 0 Å². The molecule has 0 amide bonds. The Morgan fingerprint density at radius 2 is 0.714 bits per heavy atom. The van der Waals surface area contributed by atoms with Crippen LogP contribution < -0.4 is 4.74 Å². The van der Waals surface area contributed by atoms with E-state index >= 15 is 9.59 Å². The first-order valence-electron chi connectivity index (χ1n) is 31.1. The molecule has 12 rings (SSSR count). The van der Waals surface area contributed by atoms with Crippen LogP contribution >= 0.6 is 0 Å². The maximum absolute atomic E-state index is 15.4. The Morgan fingerprint density at radius 3 is 1.16 bits per heavy atom. The number of hydrogen-bond acceptors (Lipinski definition) is 44. The van der Waals surface area contributed by atoms with Crippen LogP contribution in [0.5, 0.6) is 144 Å². The van der Waals surface area contributed by atoms with E-state index in [2.05, 4.69) is 0 Å². The molecule has 4 aliphatic heterocycles. The van der Waals surface area contributed by atoms with Crippen LogP contribution in [0.25, 0.3) is 22.3 Å². The van der Waals surface area contributed by atoms with Crippen LogP contribution in [0.4, 0.5) is 0 Å². The average molecular weight is 1570 g/mol. The van der Waals surface area contributed by atoms with Crippen LogP contribution in [0.1, 0.15) is 82.9 Å². The Balaban J connectivity index is 0.987. The standard InChI is InChI=1S/C68H50O44/c69-22-1-14(2-23(70)39(22)79)59(94)102-13-34-56(57-58(68(106-34)112-61(96)16-5-26(73)41(81)27(74)6-16)110-65(100)19-9-30(77)43(83)48(88)36(19)35-18(64(99)109-57)8-29(76)42(82)47(35)87)108-66(101)21-10-31(78)45(85)51(91)54(21)104-32-11-20-38(50(90)46(32)86)37-17(7-28(75)44(84)49(37)89)63(98)107-55-33(12-103-62(20)97)105-67(53(93)52(55)92)111-60(95)15-3-24(71)40(80)25(72)4-15/h1-11,33-34,52-53,55-58,67-93H,12-13H2/t33-,34-,52-,53-,55-,56-,57+,58-,67+,68+/m1/s1. The molecule has 8 aromatic rings. The molecule has 0 saturated carbocycles. The fraction of sp³-hybridized carbons (Fsp3) is 0.176. The van der Waals surface area contributed by atoms with Crippen LogP contribution in [0, 0.1) is 0 Å². The first-order chi connectivity index (χ1) is 52.7. The van der Waals surface area contributed by atoms with Gasteiger partial charge >= 0.3 is 47.8 Å². The zero-order valence-corrected chi connectivity index (χ0v) is 55.0. The summed E-state index contributed by atoms with van der Waals surface area (Å²) in [6.45, 7) is -2.92. The molecule has 8 aromatic carbocycles. The molecule has 4 aliphatic rings. The molecule has 0 spiro atoms. The molecule has 10 atom stereocenters. The van der Waals surface area contributed by atoms with Crippen molar-refractivity contribution in [3.63, 3.8) is 0 Å². The van der Waals surface area contributed by atoms with Crippen molar-refractivity contribution < 1.29 is 218 Å². The van der Waals surface area contributed by atoms with Crippen molar-refractivity contribution in [2.45, 2.75) is 61.4 Å². The summed E-state index contributed by atoms with van der Waals surface area (Å²) in [6, 6.07) is 4.26. The monoisotopic (exact) mass is 1570 g/mol. The highest BCUT2D eigenvalue weighted by molar-refractivity contribution is 6.10. The number of carbonyl (C=O) groups excluding carboxylic acids is 8. The molecule has 4 heterocycles. The summed E-state index contributed by atoms with van der Waals surface area (Å²) in [5, 5.41) is 271. The van der Waals surface area contributed by atoms with Crippen LogP contribution in [0.3, 0.4) is 0 Å². The lowest BCUT2D eigenvalue weighted by atomic mass is 9.91. The van der Waals surface area contributed by atoms with Gasteiger partial charge in [-0.3, -0.25) is 0 Å². The van der Waals surface area contributed by atoms with Crippen molar-refractivity contribution >= 4 is 47.8 Å². The second-order valence-corrected chi connectivity index (χ2v) is 24.3. The lowest BCUT2D eigenvalue weighted by Crippen LogP contribution is -2.63. The molecular weight excluding hydrogens is 1520 g/mol. The van der Waals surface area contributed by atoms with E-state index < -0.39 is 333 Å². The third-order valence-electron chi connectivity index (χ3n) is 17.3. The molecule has 25 N–H and O–H groups in total. The molecule has 0 radical (unpaired) electrons. The van der Waals surface area contributed by atoms with Crippen molar-refractivity contribution in [1.82, 2.24) is 0 Å². The van der Waals surface area contributed by atoms with Crippen molar-refractivity contribution in [3.8, 4) is 166 Å². The van der Waals surface area contributed by atoms with Gasteiger partial charge in [-0.1, -0.05) is 0 Å². The fourth-order valence-corrected chi connectivity index (χ4v) is 11.8. The van der Waals surface area contributed by atoms with E-state index in [1.807, 2.05) is 0 Å². The van der Waals surface area contributed by atoms with Gasteiger partial charge in [0.2, 0.25) is 53.2 Å². The molecule has 2 saturated heterocycles. The van der Waals surface area contributed by atoms with Crippen molar-refractivity contribution in [3.05, 3.63) is 111 Å². The van der Waals surface area contributed by atoms with Gasteiger partial charge < -0.3 is 180 Å². The largest absolute Gasteiger partial charge is 0.504 e. The minimum Gasteiger partial charge on any atom is -0.504 e. The van der Waals surface area contributed by atoms with Gasteiger partial charge in [0.25, 0.3) is 0 Å². The highest BCUT2D eigenvalue weighted by Crippen LogP contribution is 2.58. The minimum atomic E-state index is -2.93. The molecule has 112 heavy (non-hydrogen) atoms. The Hall–Kier alpha value is -15.4. The van der Waals surface area contributed by atoms with E-state index in [4.69, 9.17) is 52.1 Å². The Morgan fingerprint density at radius 1 is 0.348 bits per heavy atom. The van der Waals surface area contributed by atoms with Crippen molar-refractivity contribution in [2.75, 3.05) is 13.2 Å². The van der Waals surface area contributed by atoms with Gasteiger partial charge in [0, 0.05) is 34.4 Å². The summed E-state index contributed by atoms with van der Waals surface area (Å²) in [5.41, 5.74) is -14.4. The summed E-state index contributed by atoms with van der Waals surface area (Å²) < 4.78 is 61.4. The lowest BCUT2D eigenvalue weighted by Gasteiger charge is -2.44.